The third kappa shape index (κ3) is 3.89. The number of azo groups is 1. The number of nitrogens with zero attached hydrogens (tertiary/aromatic N) is 4. The van der Waals surface area contributed by atoms with Gasteiger partial charge in [-0.1, -0.05) is 18.2 Å². The van der Waals surface area contributed by atoms with Gasteiger partial charge in [-0.2, -0.15) is 10.2 Å². The first kappa shape index (κ1) is 20.3. The molecule has 4 rings (SSSR count). The number of hydrogen-bond acceptors (Lipinski definition) is 6. The molecule has 9 nitrogen and oxygen atoms in total. The van der Waals surface area contributed by atoms with Gasteiger partial charge in [0.15, 0.2) is 0 Å². The minimum Gasteiger partial charge on any atom is -0.497 e. The molecule has 1 N–H and O–H groups in total. The molecule has 2 aromatic carbocycles. The van der Waals surface area contributed by atoms with Crippen LogP contribution in [0.1, 0.15) is 32.5 Å². The summed E-state index contributed by atoms with van der Waals surface area (Å²) in [6, 6.07) is 13.8. The summed E-state index contributed by atoms with van der Waals surface area (Å²) in [5.74, 6) is 0.590. The number of rotatable bonds is 6. The van der Waals surface area contributed by atoms with E-state index in [1.807, 2.05) is 12.1 Å². The van der Waals surface area contributed by atoms with E-state index in [0.29, 0.717) is 34.0 Å². The number of nitrogens with one attached hydrogen (secondary N) is 1. The van der Waals surface area contributed by atoms with E-state index in [9.17, 15) is 9.59 Å². The second kappa shape index (κ2) is 8.39. The zero-order chi connectivity index (χ0) is 22.0. The maximum Gasteiger partial charge on any atom is 0.295 e. The van der Waals surface area contributed by atoms with Gasteiger partial charge in [0.25, 0.3) is 11.8 Å². The van der Waals surface area contributed by atoms with Gasteiger partial charge in [0.05, 0.1) is 19.9 Å². The highest BCUT2D eigenvalue weighted by atomic mass is 16.5. The van der Waals surface area contributed by atoms with Gasteiger partial charge < -0.3 is 14.8 Å². The molecule has 0 fully saturated rings. The molecular formula is C22H21N5O4. The minimum absolute atomic E-state index is 0.204. The second-order valence-corrected chi connectivity index (χ2v) is 6.94. The fourth-order valence-corrected chi connectivity index (χ4v) is 3.48. The Morgan fingerprint density at radius 1 is 1.10 bits per heavy atom. The van der Waals surface area contributed by atoms with Crippen molar-refractivity contribution in [2.45, 2.75) is 6.04 Å². The monoisotopic (exact) mass is 419 g/mol. The number of methoxy groups -OCH3 is 2. The van der Waals surface area contributed by atoms with E-state index in [1.54, 1.807) is 57.7 Å². The van der Waals surface area contributed by atoms with Gasteiger partial charge in [0.2, 0.25) is 0 Å². The van der Waals surface area contributed by atoms with Crippen molar-refractivity contribution < 1.29 is 19.1 Å². The predicted octanol–water partition coefficient (Wildman–Crippen LogP) is 3.18. The van der Waals surface area contributed by atoms with E-state index in [0.717, 1.165) is 5.56 Å². The Labute approximate surface area is 178 Å². The van der Waals surface area contributed by atoms with Gasteiger partial charge in [0, 0.05) is 24.7 Å². The lowest BCUT2D eigenvalue weighted by Gasteiger charge is -2.18. The lowest BCUT2D eigenvalue weighted by molar-refractivity contribution is 0.0941. The van der Waals surface area contributed by atoms with Crippen molar-refractivity contribution in [3.63, 3.8) is 0 Å². The fraction of sp³-hybridized carbons (Fsp3) is 0.227. The van der Waals surface area contributed by atoms with E-state index < -0.39 is 6.04 Å². The summed E-state index contributed by atoms with van der Waals surface area (Å²) >= 11 is 0. The fourth-order valence-electron chi connectivity index (χ4n) is 3.48. The van der Waals surface area contributed by atoms with E-state index in [-0.39, 0.29) is 18.4 Å². The van der Waals surface area contributed by atoms with Crippen LogP contribution in [0.3, 0.4) is 0 Å². The Morgan fingerprint density at radius 2 is 1.90 bits per heavy atom. The Balaban J connectivity index is 1.54. The summed E-state index contributed by atoms with van der Waals surface area (Å²) in [7, 11) is 4.85. The molecule has 9 heteroatoms. The molecule has 1 unspecified atom stereocenters. The summed E-state index contributed by atoms with van der Waals surface area (Å²) in [4.78, 5) is 24.7. The highest BCUT2D eigenvalue weighted by molar-refractivity contribution is 5.97. The van der Waals surface area contributed by atoms with Crippen LogP contribution in [0.15, 0.2) is 58.8 Å². The quantitative estimate of drug-likeness (QED) is 0.660. The molecule has 1 aromatic heterocycles. The number of benzene rings is 2. The summed E-state index contributed by atoms with van der Waals surface area (Å²) in [5, 5.41) is 15.1. The zero-order valence-electron chi connectivity index (χ0n) is 17.3. The highest BCUT2D eigenvalue weighted by Gasteiger charge is 2.25. The normalized spacial score (nSPS) is 14.8. The van der Waals surface area contributed by atoms with Crippen LogP contribution in [0.4, 0.5) is 0 Å². The van der Waals surface area contributed by atoms with Crippen molar-refractivity contribution in [1.29, 1.82) is 0 Å². The van der Waals surface area contributed by atoms with E-state index in [4.69, 9.17) is 9.47 Å². The van der Waals surface area contributed by atoms with Crippen LogP contribution in [0, 0.1) is 0 Å². The molecule has 0 spiro atoms. The minimum atomic E-state index is -0.427. The smallest absolute Gasteiger partial charge is 0.295 e. The number of fused-ring (bicyclic) bond motifs is 1. The molecule has 0 bridgehead atoms. The average molecular weight is 419 g/mol. The molecule has 2 heterocycles. The first-order valence-corrected chi connectivity index (χ1v) is 9.60. The number of ether oxygens (including phenoxy) is 2. The van der Waals surface area contributed by atoms with Crippen molar-refractivity contribution >= 4 is 11.8 Å². The Morgan fingerprint density at radius 3 is 2.68 bits per heavy atom. The van der Waals surface area contributed by atoms with Crippen molar-refractivity contribution in [3.8, 4) is 22.8 Å². The van der Waals surface area contributed by atoms with Crippen LogP contribution < -0.4 is 14.8 Å². The summed E-state index contributed by atoms with van der Waals surface area (Å²) in [6.07, 6.45) is 0. The van der Waals surface area contributed by atoms with Crippen molar-refractivity contribution in [2.75, 3.05) is 20.8 Å². The highest BCUT2D eigenvalue weighted by Crippen LogP contribution is 2.33. The van der Waals surface area contributed by atoms with Gasteiger partial charge in [0.1, 0.15) is 23.2 Å². The molecule has 1 aliphatic rings. The van der Waals surface area contributed by atoms with Crippen LogP contribution in [0.25, 0.3) is 11.3 Å². The first-order valence-electron chi connectivity index (χ1n) is 9.60. The lowest BCUT2D eigenvalue weighted by Crippen LogP contribution is -2.30. The number of amides is 2. The molecule has 158 valence electrons. The van der Waals surface area contributed by atoms with Gasteiger partial charge in [-0.15, -0.1) is 5.11 Å². The molecule has 1 atom stereocenters. The van der Waals surface area contributed by atoms with Gasteiger partial charge in [-0.25, -0.2) is 0 Å². The SMILES string of the molecule is COc1ccc(OC)c(-c2cc(C(=O)NCC3N=NC(=O)c4ccccc43)n(C)n2)c1. The maximum absolute atomic E-state index is 12.8. The maximum atomic E-state index is 12.8. The second-order valence-electron chi connectivity index (χ2n) is 6.94. The lowest BCUT2D eigenvalue weighted by atomic mass is 9.99. The number of carbonyl (C=O) groups is 2. The van der Waals surface area contributed by atoms with Crippen LogP contribution in [0.5, 0.6) is 11.5 Å². The molecule has 3 aromatic rings. The zero-order valence-corrected chi connectivity index (χ0v) is 17.3. The summed E-state index contributed by atoms with van der Waals surface area (Å²) in [5.41, 5.74) is 2.91. The van der Waals surface area contributed by atoms with Crippen LogP contribution in [-0.4, -0.2) is 42.4 Å². The van der Waals surface area contributed by atoms with Gasteiger partial charge in [-0.3, -0.25) is 14.3 Å². The number of carbonyl (C=O) groups excluding carboxylic acids is 2. The van der Waals surface area contributed by atoms with Crippen molar-refractivity contribution in [1.82, 2.24) is 15.1 Å². The number of hydrogen-bond donors (Lipinski definition) is 1. The molecule has 0 saturated carbocycles. The number of aromatic nitrogens is 2. The molecule has 0 saturated heterocycles. The van der Waals surface area contributed by atoms with Gasteiger partial charge in [-0.05, 0) is 35.9 Å². The first-order chi connectivity index (χ1) is 15.0. The average Bonchev–Trinajstić information content (AvgIpc) is 3.19. The molecule has 2 amide bonds. The third-order valence-corrected chi connectivity index (χ3v) is 5.09. The van der Waals surface area contributed by atoms with E-state index >= 15 is 0 Å². The molecular weight excluding hydrogens is 398 g/mol. The van der Waals surface area contributed by atoms with E-state index in [1.165, 1.54) is 4.68 Å². The topological polar surface area (TPSA) is 107 Å². The Hall–Kier alpha value is -4.01. The van der Waals surface area contributed by atoms with Crippen molar-refractivity contribution in [3.05, 3.63) is 65.4 Å². The molecule has 0 radical (unpaired) electrons. The summed E-state index contributed by atoms with van der Waals surface area (Å²) < 4.78 is 12.2. The Kier molecular flexibility index (Phi) is 5.48. The van der Waals surface area contributed by atoms with Crippen LogP contribution in [0.2, 0.25) is 0 Å². The van der Waals surface area contributed by atoms with Crippen molar-refractivity contribution in [2.24, 2.45) is 17.3 Å². The molecule has 1 aliphatic heterocycles. The summed E-state index contributed by atoms with van der Waals surface area (Å²) in [6.45, 7) is 0.204. The molecule has 31 heavy (non-hydrogen) atoms. The van der Waals surface area contributed by atoms with E-state index in [2.05, 4.69) is 20.6 Å². The van der Waals surface area contributed by atoms with Crippen LogP contribution in [-0.2, 0) is 7.05 Å². The largest absolute Gasteiger partial charge is 0.497 e. The van der Waals surface area contributed by atoms with Gasteiger partial charge >= 0.3 is 0 Å². The Bertz CT molecular complexity index is 1180. The predicted molar refractivity (Wildman–Crippen MR) is 112 cm³/mol. The number of aryl methyl sites for hydroxylation is 1. The third-order valence-electron chi connectivity index (χ3n) is 5.09. The standard InChI is InChI=1S/C22H21N5O4/c1-27-19(11-17(26-27)16-10-13(30-2)8-9-20(16)31-3)22(29)23-12-18-14-6-4-5-7-15(14)21(28)25-24-18/h4-11,18H,12H2,1-3H3,(H,23,29). The van der Waals surface area contributed by atoms with Crippen LogP contribution >= 0.6 is 0 Å². The molecule has 0 aliphatic carbocycles.